The van der Waals surface area contributed by atoms with Crippen LogP contribution in [0.25, 0.3) is 0 Å². The fourth-order valence-corrected chi connectivity index (χ4v) is 4.01. The number of amides is 3. The number of carbonyl (C=O) groups is 3. The first-order chi connectivity index (χ1) is 15.3. The summed E-state index contributed by atoms with van der Waals surface area (Å²) in [5.41, 5.74) is 6.39. The van der Waals surface area contributed by atoms with E-state index in [1.54, 1.807) is 33.8 Å². The summed E-state index contributed by atoms with van der Waals surface area (Å²) in [7, 11) is 0. The Bertz CT molecular complexity index is 1170. The first-order valence-electron chi connectivity index (χ1n) is 10.2. The Morgan fingerprint density at radius 3 is 2.38 bits per heavy atom. The highest BCUT2D eigenvalue weighted by Gasteiger charge is 2.35. The van der Waals surface area contributed by atoms with Gasteiger partial charge in [0.25, 0.3) is 5.91 Å². The summed E-state index contributed by atoms with van der Waals surface area (Å²) in [4.78, 5) is 39.6. The fraction of sp³-hybridized carbons (Fsp3) is 0.208. The molecule has 1 aliphatic heterocycles. The molecule has 0 aliphatic carbocycles. The van der Waals surface area contributed by atoms with E-state index in [9.17, 15) is 14.4 Å². The number of rotatable bonds is 5. The summed E-state index contributed by atoms with van der Waals surface area (Å²) in [5.74, 6) is -1.07. The summed E-state index contributed by atoms with van der Waals surface area (Å²) >= 11 is 3.38. The SMILES string of the molecule is Cc1ccc(C)n1NC(=O)c1cccc(NC(=O)[C@H]2CC(=O)N(c3ccc(Br)cc3)C2)c1. The van der Waals surface area contributed by atoms with Crippen LogP contribution in [0.3, 0.4) is 0 Å². The van der Waals surface area contributed by atoms with Crippen LogP contribution in [0.15, 0.2) is 65.1 Å². The average molecular weight is 495 g/mol. The molecule has 2 heterocycles. The molecule has 32 heavy (non-hydrogen) atoms. The monoisotopic (exact) mass is 494 g/mol. The van der Waals surface area contributed by atoms with Gasteiger partial charge in [0.1, 0.15) is 0 Å². The van der Waals surface area contributed by atoms with Crippen LogP contribution < -0.4 is 15.6 Å². The Kier molecular flexibility index (Phi) is 6.14. The first kappa shape index (κ1) is 21.8. The lowest BCUT2D eigenvalue weighted by atomic mass is 10.1. The van der Waals surface area contributed by atoms with Crippen LogP contribution >= 0.6 is 15.9 Å². The number of hydrogen-bond acceptors (Lipinski definition) is 3. The second-order valence-electron chi connectivity index (χ2n) is 7.84. The van der Waals surface area contributed by atoms with E-state index in [0.717, 1.165) is 21.5 Å². The standard InChI is InChI=1S/C24H23BrN4O3/c1-15-6-7-16(2)29(15)27-24(32)17-4-3-5-20(12-17)26-23(31)18-13-22(30)28(14-18)21-10-8-19(25)9-11-21/h3-12,18H,13-14H2,1-2H3,(H,26,31)(H,27,32)/t18-/m0/s1. The van der Waals surface area contributed by atoms with Crippen molar-refractivity contribution in [3.05, 3.63) is 82.1 Å². The number of aromatic nitrogens is 1. The van der Waals surface area contributed by atoms with E-state index in [1.807, 2.05) is 50.2 Å². The molecule has 0 saturated carbocycles. The molecule has 7 nitrogen and oxygen atoms in total. The summed E-state index contributed by atoms with van der Waals surface area (Å²) in [6.45, 7) is 4.13. The normalized spacial score (nSPS) is 15.7. The minimum atomic E-state index is -0.464. The van der Waals surface area contributed by atoms with E-state index in [4.69, 9.17) is 0 Å². The van der Waals surface area contributed by atoms with Crippen molar-refractivity contribution in [2.45, 2.75) is 20.3 Å². The Morgan fingerprint density at radius 1 is 1.00 bits per heavy atom. The van der Waals surface area contributed by atoms with Gasteiger partial charge in [-0.15, -0.1) is 0 Å². The van der Waals surface area contributed by atoms with Crippen LogP contribution in [0.4, 0.5) is 11.4 Å². The van der Waals surface area contributed by atoms with Gasteiger partial charge < -0.3 is 10.2 Å². The molecule has 2 N–H and O–H groups in total. The van der Waals surface area contributed by atoms with E-state index in [0.29, 0.717) is 17.8 Å². The predicted octanol–water partition coefficient (Wildman–Crippen LogP) is 4.24. The van der Waals surface area contributed by atoms with Gasteiger partial charge in [-0.2, -0.15) is 0 Å². The van der Waals surface area contributed by atoms with Crippen LogP contribution in [0.5, 0.6) is 0 Å². The summed E-state index contributed by atoms with van der Waals surface area (Å²) in [6.07, 6.45) is 0.147. The summed E-state index contributed by atoms with van der Waals surface area (Å²) in [5, 5.41) is 2.85. The van der Waals surface area contributed by atoms with Crippen LogP contribution in [0, 0.1) is 19.8 Å². The van der Waals surface area contributed by atoms with Crippen molar-refractivity contribution in [2.24, 2.45) is 5.92 Å². The molecule has 0 spiro atoms. The molecule has 1 fully saturated rings. The van der Waals surface area contributed by atoms with Crippen molar-refractivity contribution in [1.82, 2.24) is 4.68 Å². The van der Waals surface area contributed by atoms with E-state index in [-0.39, 0.29) is 24.1 Å². The lowest BCUT2D eigenvalue weighted by Gasteiger charge is -2.17. The highest BCUT2D eigenvalue weighted by molar-refractivity contribution is 9.10. The Balaban J connectivity index is 1.42. The minimum Gasteiger partial charge on any atom is -0.326 e. The highest BCUT2D eigenvalue weighted by Crippen LogP contribution is 2.27. The highest BCUT2D eigenvalue weighted by atomic mass is 79.9. The molecule has 4 rings (SSSR count). The third-order valence-corrected chi connectivity index (χ3v) is 6.04. The zero-order chi connectivity index (χ0) is 22.8. The van der Waals surface area contributed by atoms with Gasteiger partial charge in [0.2, 0.25) is 11.8 Å². The third kappa shape index (κ3) is 4.60. The summed E-state index contributed by atoms with van der Waals surface area (Å²) in [6, 6.07) is 18.0. The number of halogens is 1. The van der Waals surface area contributed by atoms with Crippen molar-refractivity contribution in [3.63, 3.8) is 0 Å². The average Bonchev–Trinajstić information content (AvgIpc) is 3.31. The molecule has 8 heteroatoms. The summed E-state index contributed by atoms with van der Waals surface area (Å²) < 4.78 is 2.64. The molecule has 0 radical (unpaired) electrons. The molecule has 2 aromatic carbocycles. The minimum absolute atomic E-state index is 0.0851. The molecule has 1 atom stereocenters. The molecule has 164 valence electrons. The number of nitrogens with zero attached hydrogens (tertiary/aromatic N) is 2. The van der Waals surface area contributed by atoms with Crippen molar-refractivity contribution in [1.29, 1.82) is 0 Å². The Morgan fingerprint density at radius 2 is 1.69 bits per heavy atom. The Labute approximate surface area is 194 Å². The van der Waals surface area contributed by atoms with Gasteiger partial charge in [0, 0.05) is 45.8 Å². The van der Waals surface area contributed by atoms with Crippen LogP contribution in [0.2, 0.25) is 0 Å². The zero-order valence-corrected chi connectivity index (χ0v) is 19.3. The quantitative estimate of drug-likeness (QED) is 0.556. The maximum absolute atomic E-state index is 12.8. The van der Waals surface area contributed by atoms with Crippen LogP contribution in [-0.2, 0) is 9.59 Å². The lowest BCUT2D eigenvalue weighted by Crippen LogP contribution is -2.28. The first-order valence-corrected chi connectivity index (χ1v) is 11.0. The zero-order valence-electron chi connectivity index (χ0n) is 17.8. The van der Waals surface area contributed by atoms with Gasteiger partial charge >= 0.3 is 0 Å². The molecule has 1 aromatic heterocycles. The molecule has 3 amide bonds. The third-order valence-electron chi connectivity index (χ3n) is 5.51. The lowest BCUT2D eigenvalue weighted by molar-refractivity contribution is -0.122. The second-order valence-corrected chi connectivity index (χ2v) is 8.76. The van der Waals surface area contributed by atoms with Crippen molar-refractivity contribution < 1.29 is 14.4 Å². The van der Waals surface area contributed by atoms with E-state index in [1.165, 1.54) is 0 Å². The number of benzene rings is 2. The molecule has 1 aliphatic rings. The molecule has 0 unspecified atom stereocenters. The number of anilines is 2. The fourth-order valence-electron chi connectivity index (χ4n) is 3.75. The van der Waals surface area contributed by atoms with Gasteiger partial charge in [-0.05, 0) is 68.4 Å². The van der Waals surface area contributed by atoms with E-state index >= 15 is 0 Å². The van der Waals surface area contributed by atoms with Gasteiger partial charge in [-0.1, -0.05) is 22.0 Å². The van der Waals surface area contributed by atoms with Gasteiger partial charge in [0.05, 0.1) is 5.92 Å². The predicted molar refractivity (Wildman–Crippen MR) is 127 cm³/mol. The smallest absolute Gasteiger partial charge is 0.270 e. The number of nitrogens with one attached hydrogen (secondary N) is 2. The molecular formula is C24H23BrN4O3. The van der Waals surface area contributed by atoms with Crippen LogP contribution in [0.1, 0.15) is 28.2 Å². The number of aryl methyl sites for hydroxylation is 2. The number of hydrogen-bond donors (Lipinski definition) is 2. The molecule has 3 aromatic rings. The van der Waals surface area contributed by atoms with E-state index in [2.05, 4.69) is 26.7 Å². The van der Waals surface area contributed by atoms with Crippen molar-refractivity contribution in [3.8, 4) is 0 Å². The van der Waals surface area contributed by atoms with Crippen molar-refractivity contribution in [2.75, 3.05) is 22.2 Å². The van der Waals surface area contributed by atoms with Crippen molar-refractivity contribution >= 4 is 45.0 Å². The second kappa shape index (κ2) is 9.00. The maximum Gasteiger partial charge on any atom is 0.270 e. The van der Waals surface area contributed by atoms with Crippen LogP contribution in [-0.4, -0.2) is 28.9 Å². The molecule has 0 bridgehead atoms. The topological polar surface area (TPSA) is 83.4 Å². The molecular weight excluding hydrogens is 472 g/mol. The van der Waals surface area contributed by atoms with E-state index < -0.39 is 5.92 Å². The Hall–Kier alpha value is -3.39. The van der Waals surface area contributed by atoms with Gasteiger partial charge in [0.15, 0.2) is 0 Å². The largest absolute Gasteiger partial charge is 0.326 e. The van der Waals surface area contributed by atoms with Gasteiger partial charge in [-0.25, -0.2) is 0 Å². The maximum atomic E-state index is 12.8. The number of carbonyl (C=O) groups excluding carboxylic acids is 3. The molecule has 1 saturated heterocycles. The van der Waals surface area contributed by atoms with Gasteiger partial charge in [-0.3, -0.25) is 24.5 Å².